The number of ether oxygens (including phenoxy) is 1. The van der Waals surface area contributed by atoms with Gasteiger partial charge in [-0.05, 0) is 20.8 Å². The summed E-state index contributed by atoms with van der Waals surface area (Å²) in [6, 6.07) is 0. The number of hydroxylamine groups is 2. The fourth-order valence-corrected chi connectivity index (χ4v) is 1.22. The van der Waals surface area contributed by atoms with Gasteiger partial charge in [-0.2, -0.15) is 5.06 Å². The third kappa shape index (κ3) is 1.27. The summed E-state index contributed by atoms with van der Waals surface area (Å²) in [7, 11) is 0. The molecule has 1 saturated heterocycles. The van der Waals surface area contributed by atoms with E-state index in [1.54, 1.807) is 20.8 Å². The molecule has 0 bridgehead atoms. The van der Waals surface area contributed by atoms with E-state index < -0.39 is 11.3 Å². The highest BCUT2D eigenvalue weighted by Gasteiger charge is 2.48. The van der Waals surface area contributed by atoms with Gasteiger partial charge in [-0.25, -0.2) is 0 Å². The molecule has 1 unspecified atom stereocenters. The van der Waals surface area contributed by atoms with Crippen molar-refractivity contribution >= 4 is 0 Å². The average Bonchev–Trinajstić information content (AvgIpc) is 2.16. The minimum Gasteiger partial charge on any atom is -0.394 e. The molecule has 0 spiro atoms. The minimum atomic E-state index is -0.683. The second-order valence-corrected chi connectivity index (χ2v) is 3.70. The molecule has 0 aromatic rings. The maximum Gasteiger partial charge on any atom is 0.139 e. The Labute approximate surface area is 66.3 Å². The van der Waals surface area contributed by atoms with E-state index in [0.717, 1.165) is 5.06 Å². The van der Waals surface area contributed by atoms with Crippen LogP contribution in [0.2, 0.25) is 0 Å². The lowest BCUT2D eigenvalue weighted by atomic mass is 10.1. The van der Waals surface area contributed by atoms with Gasteiger partial charge < -0.3 is 15.1 Å². The largest absolute Gasteiger partial charge is 0.394 e. The molecular weight excluding hydrogens is 146 g/mol. The monoisotopic (exact) mass is 161 g/mol. The number of hydrogen-bond donors (Lipinski definition) is 2. The van der Waals surface area contributed by atoms with Gasteiger partial charge in [-0.15, -0.1) is 0 Å². The molecule has 1 fully saturated rings. The van der Waals surface area contributed by atoms with Crippen LogP contribution in [0.3, 0.4) is 0 Å². The Bertz CT molecular complexity index is 160. The highest BCUT2D eigenvalue weighted by molar-refractivity contribution is 4.91. The molecule has 0 aromatic carbocycles. The Morgan fingerprint density at radius 2 is 2.00 bits per heavy atom. The van der Waals surface area contributed by atoms with Gasteiger partial charge in [0.1, 0.15) is 5.72 Å². The third-order valence-electron chi connectivity index (χ3n) is 2.10. The highest BCUT2D eigenvalue weighted by Crippen LogP contribution is 2.31. The first-order chi connectivity index (χ1) is 4.92. The van der Waals surface area contributed by atoms with Crippen molar-refractivity contribution in [3.8, 4) is 0 Å². The van der Waals surface area contributed by atoms with Crippen molar-refractivity contribution in [2.75, 3.05) is 13.2 Å². The minimum absolute atomic E-state index is 0.104. The summed E-state index contributed by atoms with van der Waals surface area (Å²) in [5.41, 5.74) is -1.33. The zero-order valence-electron chi connectivity index (χ0n) is 7.16. The van der Waals surface area contributed by atoms with Crippen molar-refractivity contribution in [1.29, 1.82) is 0 Å². The highest BCUT2D eigenvalue weighted by atomic mass is 16.6. The van der Waals surface area contributed by atoms with Crippen LogP contribution in [0.1, 0.15) is 20.8 Å². The average molecular weight is 161 g/mol. The van der Waals surface area contributed by atoms with Gasteiger partial charge in [0.2, 0.25) is 0 Å². The van der Waals surface area contributed by atoms with Crippen LogP contribution in [-0.4, -0.2) is 39.9 Å². The molecule has 1 aliphatic rings. The van der Waals surface area contributed by atoms with Crippen molar-refractivity contribution in [3.05, 3.63) is 0 Å². The number of nitrogens with zero attached hydrogens (tertiary/aromatic N) is 1. The van der Waals surface area contributed by atoms with Gasteiger partial charge in [-0.3, -0.25) is 0 Å². The lowest BCUT2D eigenvalue weighted by molar-refractivity contribution is -0.241. The summed E-state index contributed by atoms with van der Waals surface area (Å²) in [5, 5.41) is 19.5. The van der Waals surface area contributed by atoms with Gasteiger partial charge >= 0.3 is 0 Å². The van der Waals surface area contributed by atoms with Crippen LogP contribution in [0.5, 0.6) is 0 Å². The number of aliphatic hydroxyl groups is 1. The van der Waals surface area contributed by atoms with E-state index in [0.29, 0.717) is 6.61 Å². The molecule has 1 heterocycles. The smallest absolute Gasteiger partial charge is 0.139 e. The number of rotatable bonds is 1. The molecule has 2 N–H and O–H groups in total. The SMILES string of the molecule is CC1(CO)COC(C)(C)N1O. The van der Waals surface area contributed by atoms with Crippen molar-refractivity contribution in [1.82, 2.24) is 5.06 Å². The van der Waals surface area contributed by atoms with E-state index in [1.165, 1.54) is 0 Å². The molecule has 1 atom stereocenters. The fourth-order valence-electron chi connectivity index (χ4n) is 1.22. The van der Waals surface area contributed by atoms with Gasteiger partial charge in [-0.1, -0.05) is 0 Å². The lowest BCUT2D eigenvalue weighted by Gasteiger charge is -2.32. The Kier molecular flexibility index (Phi) is 1.96. The van der Waals surface area contributed by atoms with Crippen LogP contribution in [-0.2, 0) is 4.74 Å². The zero-order valence-corrected chi connectivity index (χ0v) is 7.16. The van der Waals surface area contributed by atoms with Gasteiger partial charge in [0.15, 0.2) is 0 Å². The first-order valence-electron chi connectivity index (χ1n) is 3.66. The van der Waals surface area contributed by atoms with Gasteiger partial charge in [0.05, 0.1) is 18.8 Å². The van der Waals surface area contributed by atoms with Crippen LogP contribution < -0.4 is 0 Å². The van der Waals surface area contributed by atoms with E-state index in [-0.39, 0.29) is 6.61 Å². The Morgan fingerprint density at radius 3 is 2.18 bits per heavy atom. The molecule has 4 heteroatoms. The summed E-state index contributed by atoms with van der Waals surface area (Å²) in [6.07, 6.45) is 0. The quantitative estimate of drug-likeness (QED) is 0.576. The van der Waals surface area contributed by atoms with Crippen LogP contribution in [0.25, 0.3) is 0 Å². The Morgan fingerprint density at radius 1 is 1.45 bits per heavy atom. The number of hydrogen-bond acceptors (Lipinski definition) is 4. The molecular formula is C7H15NO3. The normalized spacial score (nSPS) is 37.9. The Hall–Kier alpha value is -0.160. The summed E-state index contributed by atoms with van der Waals surface area (Å²) >= 11 is 0. The van der Waals surface area contributed by atoms with E-state index in [4.69, 9.17) is 9.84 Å². The molecule has 0 amide bonds. The molecule has 1 aliphatic heterocycles. The van der Waals surface area contributed by atoms with Crippen molar-refractivity contribution in [2.45, 2.75) is 32.0 Å². The summed E-state index contributed by atoms with van der Waals surface area (Å²) in [4.78, 5) is 0. The molecule has 1 rings (SSSR count). The van der Waals surface area contributed by atoms with Crippen molar-refractivity contribution < 1.29 is 15.1 Å². The predicted molar refractivity (Wildman–Crippen MR) is 39.1 cm³/mol. The van der Waals surface area contributed by atoms with E-state index >= 15 is 0 Å². The zero-order chi connectivity index (χ0) is 8.70. The van der Waals surface area contributed by atoms with Crippen LogP contribution in [0.4, 0.5) is 0 Å². The molecule has 0 radical (unpaired) electrons. The van der Waals surface area contributed by atoms with E-state index in [2.05, 4.69) is 0 Å². The molecule has 0 aliphatic carbocycles. The van der Waals surface area contributed by atoms with Crippen LogP contribution in [0, 0.1) is 0 Å². The fraction of sp³-hybridized carbons (Fsp3) is 1.00. The molecule has 11 heavy (non-hydrogen) atoms. The van der Waals surface area contributed by atoms with Crippen molar-refractivity contribution in [2.24, 2.45) is 0 Å². The first-order valence-corrected chi connectivity index (χ1v) is 3.66. The lowest BCUT2D eigenvalue weighted by Crippen LogP contribution is -2.50. The van der Waals surface area contributed by atoms with Crippen LogP contribution >= 0.6 is 0 Å². The van der Waals surface area contributed by atoms with Crippen molar-refractivity contribution in [3.63, 3.8) is 0 Å². The first kappa shape index (κ1) is 8.93. The standard InChI is InChI=1S/C7H15NO3/c1-6(2)8(10)7(3,4-9)5-11-6/h9-10H,4-5H2,1-3H3. The van der Waals surface area contributed by atoms with Crippen LogP contribution in [0.15, 0.2) is 0 Å². The summed E-state index contributed by atoms with van der Waals surface area (Å²) in [5.74, 6) is 0. The van der Waals surface area contributed by atoms with Gasteiger partial charge in [0, 0.05) is 0 Å². The topological polar surface area (TPSA) is 52.9 Å². The summed E-state index contributed by atoms with van der Waals surface area (Å²) < 4.78 is 5.28. The maximum atomic E-state index is 9.52. The Balaban J connectivity index is 2.78. The van der Waals surface area contributed by atoms with E-state index in [9.17, 15) is 5.21 Å². The number of aliphatic hydroxyl groups excluding tert-OH is 1. The second-order valence-electron chi connectivity index (χ2n) is 3.70. The molecule has 66 valence electrons. The van der Waals surface area contributed by atoms with Gasteiger partial charge in [0.25, 0.3) is 0 Å². The molecule has 4 nitrogen and oxygen atoms in total. The molecule has 0 aromatic heterocycles. The second kappa shape index (κ2) is 2.42. The predicted octanol–water partition coefficient (Wildman–Crippen LogP) is 0.195. The third-order valence-corrected chi connectivity index (χ3v) is 2.10. The molecule has 0 saturated carbocycles. The van der Waals surface area contributed by atoms with E-state index in [1.807, 2.05) is 0 Å². The maximum absolute atomic E-state index is 9.52. The summed E-state index contributed by atoms with van der Waals surface area (Å²) in [6.45, 7) is 5.52.